The molecule has 0 amide bonds. The third-order valence-corrected chi connectivity index (χ3v) is 5.25. The van der Waals surface area contributed by atoms with Crippen molar-refractivity contribution in [3.8, 4) is 0 Å². The first-order valence-electron chi connectivity index (χ1n) is 9.62. The van der Waals surface area contributed by atoms with Gasteiger partial charge in [0, 0.05) is 22.2 Å². The van der Waals surface area contributed by atoms with Gasteiger partial charge in [0.15, 0.2) is 0 Å². The Morgan fingerprint density at radius 1 is 0.933 bits per heavy atom. The lowest BCUT2D eigenvalue weighted by molar-refractivity contribution is -0.144. The number of esters is 1. The lowest BCUT2D eigenvalue weighted by atomic mass is 10.1. The minimum absolute atomic E-state index is 0.0910. The molecule has 0 aliphatic carbocycles. The van der Waals surface area contributed by atoms with E-state index in [4.69, 9.17) is 16.3 Å². The maximum absolute atomic E-state index is 13.1. The molecule has 3 aromatic carbocycles. The first-order chi connectivity index (χ1) is 14.5. The van der Waals surface area contributed by atoms with Crippen LogP contribution in [0.15, 0.2) is 79.0 Å². The number of carbonyl (C=O) groups excluding carboxylic acids is 2. The van der Waals surface area contributed by atoms with Crippen molar-refractivity contribution in [2.24, 2.45) is 0 Å². The molecule has 0 N–H and O–H groups in total. The molecule has 0 aliphatic heterocycles. The predicted molar refractivity (Wildman–Crippen MR) is 118 cm³/mol. The van der Waals surface area contributed by atoms with Gasteiger partial charge in [-0.2, -0.15) is 0 Å². The van der Waals surface area contributed by atoms with Crippen LogP contribution in [0.25, 0.3) is 10.9 Å². The fraction of sp³-hybridized carbons (Fsp3) is 0.120. The van der Waals surface area contributed by atoms with E-state index in [1.807, 2.05) is 55.5 Å². The van der Waals surface area contributed by atoms with Crippen molar-refractivity contribution in [2.45, 2.75) is 20.0 Å². The highest BCUT2D eigenvalue weighted by Crippen LogP contribution is 2.26. The van der Waals surface area contributed by atoms with Gasteiger partial charge in [-0.1, -0.05) is 60.1 Å². The average molecular weight is 418 g/mol. The summed E-state index contributed by atoms with van der Waals surface area (Å²) in [5, 5.41) is 1.44. The highest BCUT2D eigenvalue weighted by atomic mass is 35.5. The van der Waals surface area contributed by atoms with Crippen molar-refractivity contribution in [2.75, 3.05) is 0 Å². The first kappa shape index (κ1) is 19.9. The fourth-order valence-electron chi connectivity index (χ4n) is 3.50. The standard InChI is InChI=1S/C25H20ClNO3/c1-17-6-5-9-22-20(14-23(28)30-16-18-7-3-2-4-8-18)15-27(24(17)22)25(29)19-10-12-21(26)13-11-19/h2-13,15H,14,16H2,1H3. The Morgan fingerprint density at radius 2 is 1.67 bits per heavy atom. The third kappa shape index (κ3) is 4.14. The summed E-state index contributed by atoms with van der Waals surface area (Å²) >= 11 is 5.95. The Morgan fingerprint density at radius 3 is 2.40 bits per heavy atom. The molecule has 0 fully saturated rings. The summed E-state index contributed by atoms with van der Waals surface area (Å²) < 4.78 is 7.04. The molecule has 0 radical (unpaired) electrons. The van der Waals surface area contributed by atoms with E-state index in [1.165, 1.54) is 0 Å². The van der Waals surface area contributed by atoms with Crippen LogP contribution < -0.4 is 0 Å². The molecule has 5 heteroatoms. The monoisotopic (exact) mass is 417 g/mol. The van der Waals surface area contributed by atoms with E-state index in [0.717, 1.165) is 27.6 Å². The van der Waals surface area contributed by atoms with E-state index in [9.17, 15) is 9.59 Å². The van der Waals surface area contributed by atoms with Crippen molar-refractivity contribution >= 4 is 34.4 Å². The lowest BCUT2D eigenvalue weighted by Gasteiger charge is -2.06. The largest absolute Gasteiger partial charge is 0.461 e. The number of para-hydroxylation sites is 1. The number of hydrogen-bond acceptors (Lipinski definition) is 3. The number of rotatable bonds is 5. The molecule has 150 valence electrons. The summed E-state index contributed by atoms with van der Waals surface area (Å²) in [6, 6.07) is 22.1. The normalized spacial score (nSPS) is 10.9. The molecular formula is C25H20ClNO3. The van der Waals surface area contributed by atoms with E-state index in [1.54, 1.807) is 35.0 Å². The second kappa shape index (κ2) is 8.56. The summed E-state index contributed by atoms with van der Waals surface area (Å²) in [6.07, 6.45) is 1.83. The number of benzene rings is 3. The molecule has 0 saturated carbocycles. The van der Waals surface area contributed by atoms with Crippen LogP contribution in [0.3, 0.4) is 0 Å². The topological polar surface area (TPSA) is 48.3 Å². The SMILES string of the molecule is Cc1cccc2c(CC(=O)OCc3ccccc3)cn(C(=O)c3ccc(Cl)cc3)c12. The van der Waals surface area contributed by atoms with Gasteiger partial charge in [0.1, 0.15) is 6.61 Å². The number of hydrogen-bond donors (Lipinski definition) is 0. The highest BCUT2D eigenvalue weighted by Gasteiger charge is 2.19. The van der Waals surface area contributed by atoms with E-state index in [-0.39, 0.29) is 24.9 Å². The predicted octanol–water partition coefficient (Wildman–Crippen LogP) is 5.58. The second-order valence-electron chi connectivity index (χ2n) is 7.13. The van der Waals surface area contributed by atoms with Gasteiger partial charge in [0.05, 0.1) is 11.9 Å². The summed E-state index contributed by atoms with van der Waals surface area (Å²) in [6.45, 7) is 2.17. The Kier molecular flexibility index (Phi) is 5.68. The number of fused-ring (bicyclic) bond motifs is 1. The molecule has 0 saturated heterocycles. The van der Waals surface area contributed by atoms with Crippen LogP contribution in [0.5, 0.6) is 0 Å². The molecule has 0 aliphatic rings. The highest BCUT2D eigenvalue weighted by molar-refractivity contribution is 6.30. The van der Waals surface area contributed by atoms with Gasteiger partial charge in [-0.05, 0) is 47.9 Å². The molecule has 0 bridgehead atoms. The number of carbonyl (C=O) groups is 2. The molecule has 1 heterocycles. The molecule has 0 atom stereocenters. The van der Waals surface area contributed by atoms with Gasteiger partial charge in [-0.25, -0.2) is 0 Å². The minimum Gasteiger partial charge on any atom is -0.461 e. The van der Waals surface area contributed by atoms with Crippen LogP contribution in [0.1, 0.15) is 27.0 Å². The molecule has 0 unspecified atom stereocenters. The number of ether oxygens (including phenoxy) is 1. The maximum Gasteiger partial charge on any atom is 0.310 e. The van der Waals surface area contributed by atoms with Crippen LogP contribution in [-0.4, -0.2) is 16.4 Å². The van der Waals surface area contributed by atoms with Crippen molar-refractivity contribution in [1.82, 2.24) is 4.57 Å². The number of nitrogens with zero attached hydrogens (tertiary/aromatic N) is 1. The van der Waals surface area contributed by atoms with Gasteiger partial charge in [0.2, 0.25) is 0 Å². The van der Waals surface area contributed by atoms with E-state index in [2.05, 4.69) is 0 Å². The summed E-state index contributed by atoms with van der Waals surface area (Å²) in [4.78, 5) is 25.6. The quantitative estimate of drug-likeness (QED) is 0.398. The van der Waals surface area contributed by atoms with Crippen LogP contribution in [0.4, 0.5) is 0 Å². The van der Waals surface area contributed by atoms with Crippen molar-refractivity contribution < 1.29 is 14.3 Å². The Hall–Kier alpha value is -3.37. The Balaban J connectivity index is 1.62. The molecule has 4 nitrogen and oxygen atoms in total. The molecule has 30 heavy (non-hydrogen) atoms. The van der Waals surface area contributed by atoms with Gasteiger partial charge in [-0.3, -0.25) is 14.2 Å². The Bertz CT molecular complexity index is 1210. The maximum atomic E-state index is 13.1. The van der Waals surface area contributed by atoms with Gasteiger partial charge in [0.25, 0.3) is 5.91 Å². The molecule has 0 spiro atoms. The van der Waals surface area contributed by atoms with Crippen molar-refractivity contribution in [3.05, 3.63) is 106 Å². The van der Waals surface area contributed by atoms with E-state index < -0.39 is 0 Å². The van der Waals surface area contributed by atoms with Gasteiger partial charge >= 0.3 is 5.97 Å². The van der Waals surface area contributed by atoms with Crippen molar-refractivity contribution in [1.29, 1.82) is 0 Å². The van der Waals surface area contributed by atoms with Crippen LogP contribution in [0, 0.1) is 6.92 Å². The zero-order valence-electron chi connectivity index (χ0n) is 16.5. The van der Waals surface area contributed by atoms with E-state index >= 15 is 0 Å². The Labute approximate surface area is 179 Å². The number of aryl methyl sites for hydroxylation is 1. The average Bonchev–Trinajstić information content (AvgIpc) is 3.13. The van der Waals surface area contributed by atoms with Crippen molar-refractivity contribution in [3.63, 3.8) is 0 Å². The molecule has 4 aromatic rings. The van der Waals surface area contributed by atoms with Crippen LogP contribution in [0.2, 0.25) is 5.02 Å². The summed E-state index contributed by atoms with van der Waals surface area (Å²) in [5.41, 5.74) is 3.97. The zero-order valence-corrected chi connectivity index (χ0v) is 17.2. The molecular weight excluding hydrogens is 398 g/mol. The van der Waals surface area contributed by atoms with Gasteiger partial charge in [-0.15, -0.1) is 0 Å². The second-order valence-corrected chi connectivity index (χ2v) is 7.57. The van der Waals surface area contributed by atoms with E-state index in [0.29, 0.717) is 10.6 Å². The zero-order chi connectivity index (χ0) is 21.1. The van der Waals surface area contributed by atoms with Crippen LogP contribution >= 0.6 is 11.6 Å². The lowest BCUT2D eigenvalue weighted by Crippen LogP contribution is -2.11. The number of halogens is 1. The summed E-state index contributed by atoms with van der Waals surface area (Å²) in [7, 11) is 0. The van der Waals surface area contributed by atoms with Gasteiger partial charge < -0.3 is 4.74 Å². The molecule has 1 aromatic heterocycles. The smallest absolute Gasteiger partial charge is 0.310 e. The molecule has 4 rings (SSSR count). The third-order valence-electron chi connectivity index (χ3n) is 5.00. The number of aromatic nitrogens is 1. The van der Waals surface area contributed by atoms with Crippen LogP contribution in [-0.2, 0) is 22.6 Å². The minimum atomic E-state index is -0.335. The summed E-state index contributed by atoms with van der Waals surface area (Å²) in [5.74, 6) is -0.506. The first-order valence-corrected chi connectivity index (χ1v) is 10.00. The fourth-order valence-corrected chi connectivity index (χ4v) is 3.63.